The molecule has 1 heterocycles. The lowest BCUT2D eigenvalue weighted by atomic mass is 9.86. The maximum absolute atomic E-state index is 5.87. The van der Waals surface area contributed by atoms with Gasteiger partial charge in [0.15, 0.2) is 11.6 Å². The van der Waals surface area contributed by atoms with Crippen molar-refractivity contribution in [3.05, 3.63) is 40.8 Å². The summed E-state index contributed by atoms with van der Waals surface area (Å²) >= 11 is 5.87. The predicted octanol–water partition coefficient (Wildman–Crippen LogP) is 4.49. The Morgan fingerprint density at radius 2 is 1.95 bits per heavy atom. The van der Waals surface area contributed by atoms with Crippen LogP contribution in [0.25, 0.3) is 0 Å². The van der Waals surface area contributed by atoms with E-state index in [1.807, 2.05) is 6.92 Å². The van der Waals surface area contributed by atoms with E-state index < -0.39 is 0 Å². The molecule has 1 aromatic heterocycles. The molecule has 0 spiro atoms. The zero-order valence-electron chi connectivity index (χ0n) is 13.0. The second kappa shape index (κ2) is 5.90. The topological polar surface area (TPSA) is 47.0 Å². The number of hydrogen-bond acceptors (Lipinski definition) is 4. The highest BCUT2D eigenvalue weighted by Crippen LogP contribution is 2.31. The summed E-state index contributed by atoms with van der Waals surface area (Å²) in [7, 11) is 1.58. The predicted molar refractivity (Wildman–Crippen MR) is 86.8 cm³/mol. The number of halogens is 1. The number of nitrogens with one attached hydrogen (secondary N) is 1. The second-order valence-corrected chi connectivity index (χ2v) is 6.30. The Bertz CT molecular complexity index is 650. The summed E-state index contributed by atoms with van der Waals surface area (Å²) in [5.74, 6) is 1.12. The lowest BCUT2D eigenvalue weighted by Crippen LogP contribution is -2.11. The van der Waals surface area contributed by atoms with Crippen molar-refractivity contribution >= 4 is 23.1 Å². The van der Waals surface area contributed by atoms with Gasteiger partial charge in [-0.25, -0.2) is 4.98 Å². The van der Waals surface area contributed by atoms with E-state index in [0.717, 1.165) is 11.3 Å². The van der Waals surface area contributed by atoms with Crippen molar-refractivity contribution in [2.45, 2.75) is 33.1 Å². The third kappa shape index (κ3) is 3.64. The van der Waals surface area contributed by atoms with Gasteiger partial charge in [-0.3, -0.25) is 0 Å². The van der Waals surface area contributed by atoms with Gasteiger partial charge in [0, 0.05) is 5.69 Å². The first kappa shape index (κ1) is 15.6. The molecule has 0 bridgehead atoms. The van der Waals surface area contributed by atoms with Crippen LogP contribution in [-0.4, -0.2) is 17.1 Å². The van der Waals surface area contributed by atoms with Crippen molar-refractivity contribution in [1.82, 2.24) is 9.97 Å². The van der Waals surface area contributed by atoms with Crippen LogP contribution in [0.5, 0.6) is 5.75 Å². The number of aromatic nitrogens is 2. The molecule has 0 aliphatic heterocycles. The van der Waals surface area contributed by atoms with Gasteiger partial charge in [0.05, 0.1) is 13.3 Å². The van der Waals surface area contributed by atoms with Crippen LogP contribution < -0.4 is 10.1 Å². The second-order valence-electron chi connectivity index (χ2n) is 5.96. The van der Waals surface area contributed by atoms with Crippen LogP contribution in [-0.2, 0) is 5.41 Å². The number of methoxy groups -OCH3 is 1. The number of nitrogens with zero attached hydrogens (tertiary/aromatic N) is 2. The molecule has 1 aromatic carbocycles. The van der Waals surface area contributed by atoms with Gasteiger partial charge in [0.2, 0.25) is 5.28 Å². The Morgan fingerprint density at radius 3 is 2.57 bits per heavy atom. The Hall–Kier alpha value is -1.81. The third-order valence-corrected chi connectivity index (χ3v) is 3.48. The molecule has 0 aliphatic carbocycles. The summed E-state index contributed by atoms with van der Waals surface area (Å²) in [6.45, 7) is 8.60. The summed E-state index contributed by atoms with van der Waals surface area (Å²) in [6.07, 6.45) is 1.56. The smallest absolute Gasteiger partial charge is 0.224 e. The third-order valence-electron chi connectivity index (χ3n) is 3.30. The van der Waals surface area contributed by atoms with Gasteiger partial charge in [-0.1, -0.05) is 32.9 Å². The van der Waals surface area contributed by atoms with E-state index in [4.69, 9.17) is 16.3 Å². The average Bonchev–Trinajstić information content (AvgIpc) is 2.40. The number of anilines is 2. The first-order chi connectivity index (χ1) is 9.81. The van der Waals surface area contributed by atoms with Crippen LogP contribution in [0.2, 0.25) is 5.28 Å². The van der Waals surface area contributed by atoms with Gasteiger partial charge >= 0.3 is 0 Å². The minimum Gasteiger partial charge on any atom is -0.491 e. The van der Waals surface area contributed by atoms with Crippen molar-refractivity contribution in [2.24, 2.45) is 0 Å². The molecule has 2 aromatic rings. The van der Waals surface area contributed by atoms with Crippen molar-refractivity contribution in [3.63, 3.8) is 0 Å². The molecule has 4 nitrogen and oxygen atoms in total. The van der Waals surface area contributed by atoms with Gasteiger partial charge in [0.25, 0.3) is 0 Å². The normalized spacial score (nSPS) is 11.3. The van der Waals surface area contributed by atoms with Gasteiger partial charge in [0.1, 0.15) is 0 Å². The van der Waals surface area contributed by atoms with Crippen LogP contribution in [0, 0.1) is 6.92 Å². The fourth-order valence-corrected chi connectivity index (χ4v) is 2.07. The minimum atomic E-state index is 0.0809. The molecule has 112 valence electrons. The molecular weight excluding hydrogens is 286 g/mol. The maximum Gasteiger partial charge on any atom is 0.224 e. The number of hydrogen-bond donors (Lipinski definition) is 1. The quantitative estimate of drug-likeness (QED) is 0.849. The van der Waals surface area contributed by atoms with Crippen LogP contribution in [0.15, 0.2) is 24.4 Å². The minimum absolute atomic E-state index is 0.0809. The van der Waals surface area contributed by atoms with Crippen LogP contribution >= 0.6 is 11.6 Å². The first-order valence-electron chi connectivity index (χ1n) is 6.76. The molecule has 21 heavy (non-hydrogen) atoms. The molecule has 1 N–H and O–H groups in total. The highest BCUT2D eigenvalue weighted by molar-refractivity contribution is 6.28. The van der Waals surface area contributed by atoms with Crippen molar-refractivity contribution < 1.29 is 4.74 Å². The van der Waals surface area contributed by atoms with Crippen molar-refractivity contribution in [2.75, 3.05) is 12.4 Å². The molecule has 5 heteroatoms. The van der Waals surface area contributed by atoms with Crippen molar-refractivity contribution in [1.29, 1.82) is 0 Å². The largest absolute Gasteiger partial charge is 0.491 e. The maximum atomic E-state index is 5.87. The van der Waals surface area contributed by atoms with Gasteiger partial charge in [-0.05, 0) is 41.1 Å². The van der Waals surface area contributed by atoms with E-state index >= 15 is 0 Å². The molecule has 0 saturated carbocycles. The van der Waals surface area contributed by atoms with Crippen molar-refractivity contribution in [3.8, 4) is 5.75 Å². The van der Waals surface area contributed by atoms with Crippen LogP contribution in [0.3, 0.4) is 0 Å². The summed E-state index contributed by atoms with van der Waals surface area (Å²) < 4.78 is 5.26. The molecule has 2 rings (SSSR count). The summed E-state index contributed by atoms with van der Waals surface area (Å²) in [5, 5.41) is 3.47. The van der Waals surface area contributed by atoms with Gasteiger partial charge < -0.3 is 10.1 Å². The zero-order valence-corrected chi connectivity index (χ0v) is 13.7. The Balaban J connectivity index is 2.42. The SMILES string of the molecule is COc1cnc(Cl)nc1Nc1cc(C(C)(C)C)ccc1C. The fourth-order valence-electron chi connectivity index (χ4n) is 1.94. The van der Waals surface area contributed by atoms with E-state index in [1.165, 1.54) is 5.56 Å². The summed E-state index contributed by atoms with van der Waals surface area (Å²) in [6, 6.07) is 6.37. The summed E-state index contributed by atoms with van der Waals surface area (Å²) in [5.41, 5.74) is 3.43. The molecule has 0 amide bonds. The Morgan fingerprint density at radius 1 is 1.24 bits per heavy atom. The lowest BCUT2D eigenvalue weighted by Gasteiger charge is -2.21. The standard InChI is InChI=1S/C16H20ClN3O/c1-10-6-7-11(16(2,3)4)8-12(10)19-14-13(21-5)9-18-15(17)20-14/h6-9H,1-5H3,(H,18,19,20). The highest BCUT2D eigenvalue weighted by atomic mass is 35.5. The van der Waals surface area contributed by atoms with Crippen LogP contribution in [0.1, 0.15) is 31.9 Å². The molecule has 0 unspecified atom stereocenters. The van der Waals surface area contributed by atoms with E-state index in [2.05, 4.69) is 54.3 Å². The number of aryl methyl sites for hydroxylation is 1. The molecule has 0 atom stereocenters. The highest BCUT2D eigenvalue weighted by Gasteiger charge is 2.16. The number of ether oxygens (including phenoxy) is 1. The fraction of sp³-hybridized carbons (Fsp3) is 0.375. The molecule has 0 saturated heterocycles. The average molecular weight is 306 g/mol. The van der Waals surface area contributed by atoms with Crippen LogP contribution in [0.4, 0.5) is 11.5 Å². The molecular formula is C16H20ClN3O. The first-order valence-corrected chi connectivity index (χ1v) is 7.14. The summed E-state index contributed by atoms with van der Waals surface area (Å²) in [4.78, 5) is 8.11. The van der Waals surface area contributed by atoms with E-state index in [0.29, 0.717) is 11.6 Å². The number of rotatable bonds is 3. The Kier molecular flexibility index (Phi) is 4.37. The van der Waals surface area contributed by atoms with Gasteiger partial charge in [-0.2, -0.15) is 4.98 Å². The zero-order chi connectivity index (χ0) is 15.6. The lowest BCUT2D eigenvalue weighted by molar-refractivity contribution is 0.413. The van der Waals surface area contributed by atoms with E-state index in [1.54, 1.807) is 13.3 Å². The Labute approximate surface area is 130 Å². The van der Waals surface area contributed by atoms with E-state index in [9.17, 15) is 0 Å². The molecule has 0 aliphatic rings. The van der Waals surface area contributed by atoms with E-state index in [-0.39, 0.29) is 10.7 Å². The molecule has 0 radical (unpaired) electrons. The van der Waals surface area contributed by atoms with Gasteiger partial charge in [-0.15, -0.1) is 0 Å². The number of benzene rings is 1. The molecule has 0 fully saturated rings. The monoisotopic (exact) mass is 305 g/mol.